The van der Waals surface area contributed by atoms with Crippen molar-refractivity contribution in [2.45, 2.75) is 265 Å². The summed E-state index contributed by atoms with van der Waals surface area (Å²) >= 11 is 0. The Morgan fingerprint density at radius 3 is 0.930 bits per heavy atom. The topological polar surface area (TPSA) is 187 Å². The monoisotopic (exact) mass is 1010 g/mol. The third kappa shape index (κ3) is 35.8. The molecule has 412 valence electrons. The molecule has 1 aliphatic rings. The van der Waals surface area contributed by atoms with Gasteiger partial charge in [-0.25, -0.2) is 4.79 Å². The minimum absolute atomic E-state index is 0.112. The highest BCUT2D eigenvalue weighted by Crippen LogP contribution is 2.30. The average molecular weight is 1010 g/mol. The summed E-state index contributed by atoms with van der Waals surface area (Å²) < 4.78 is 39.2. The molecule has 15 nitrogen and oxygen atoms in total. The minimum atomic E-state index is -0.840. The Labute approximate surface area is 428 Å². The molecule has 0 radical (unpaired) electrons. The van der Waals surface area contributed by atoms with Crippen molar-refractivity contribution in [2.75, 3.05) is 39.6 Å². The van der Waals surface area contributed by atoms with Gasteiger partial charge in [-0.1, -0.05) is 156 Å². The van der Waals surface area contributed by atoms with Gasteiger partial charge in [0, 0.05) is 37.5 Å². The number of hydrogen-bond acceptors (Lipinski definition) is 14. The normalized spacial score (nSPS) is 14.5. The number of carbonyl (C=O) groups is 7. The number of carbonyl (C=O) groups excluding carboxylic acids is 7. The lowest BCUT2D eigenvalue weighted by Crippen LogP contribution is -2.63. The Hall–Kier alpha value is -3.91. The van der Waals surface area contributed by atoms with Gasteiger partial charge in [-0.05, 0) is 52.9 Å². The van der Waals surface area contributed by atoms with Gasteiger partial charge in [0.25, 0.3) is 0 Å². The quantitative estimate of drug-likeness (QED) is 0.0318. The molecule has 0 saturated carbocycles. The molecule has 0 aliphatic carbocycles. The first-order chi connectivity index (χ1) is 34.1. The smallest absolute Gasteiger partial charge is 0.411 e. The lowest BCUT2D eigenvalue weighted by Gasteiger charge is -2.47. The molecule has 0 bridgehead atoms. The fourth-order valence-corrected chi connectivity index (χ4v) is 8.24. The van der Waals surface area contributed by atoms with Crippen LogP contribution in [0.3, 0.4) is 0 Å². The van der Waals surface area contributed by atoms with Crippen LogP contribution in [-0.4, -0.2) is 104 Å². The van der Waals surface area contributed by atoms with Crippen molar-refractivity contribution in [1.29, 1.82) is 0 Å². The first kappa shape index (κ1) is 65.1. The first-order valence-electron chi connectivity index (χ1n) is 28.1. The second kappa shape index (κ2) is 41.6. The largest absolute Gasteiger partial charge is 0.465 e. The van der Waals surface area contributed by atoms with Crippen LogP contribution in [-0.2, 0) is 61.9 Å². The summed E-state index contributed by atoms with van der Waals surface area (Å²) in [5, 5.41) is 0. The molecule has 2 atom stereocenters. The van der Waals surface area contributed by atoms with Gasteiger partial charge in [-0.3, -0.25) is 33.7 Å². The number of nitrogens with zero attached hydrogens (tertiary/aromatic N) is 1. The SMILES string of the molecule is CCCCCCCCC(=O)OCC(COC(=O)CCCCCCCC)CC(=O)OC[C@H]1C[C@H](COC(=O)CC(COC(=O)CCCCCCCC)COC(=O)CCCCCCCC)N1C(=O)OC(C)(C)C. The Kier molecular flexibility index (Phi) is 38.1. The van der Waals surface area contributed by atoms with Crippen molar-refractivity contribution >= 4 is 41.9 Å². The fourth-order valence-electron chi connectivity index (χ4n) is 8.24. The van der Waals surface area contributed by atoms with Crippen molar-refractivity contribution in [3.05, 3.63) is 0 Å². The molecule has 0 aromatic heterocycles. The molecule has 0 aromatic rings. The molecule has 0 spiro atoms. The maximum Gasteiger partial charge on any atom is 0.411 e. The summed E-state index contributed by atoms with van der Waals surface area (Å²) in [5.41, 5.74) is -0.840. The van der Waals surface area contributed by atoms with E-state index < -0.39 is 47.6 Å². The molecule has 1 amide bonds. The van der Waals surface area contributed by atoms with Gasteiger partial charge in [-0.15, -0.1) is 0 Å². The van der Waals surface area contributed by atoms with E-state index in [4.69, 9.17) is 33.2 Å². The van der Waals surface area contributed by atoms with Crippen LogP contribution >= 0.6 is 0 Å². The Balaban J connectivity index is 2.90. The summed E-state index contributed by atoms with van der Waals surface area (Å²) in [6, 6.07) is -1.16. The van der Waals surface area contributed by atoms with Crippen molar-refractivity contribution in [3.8, 4) is 0 Å². The number of ether oxygens (including phenoxy) is 7. The molecule has 15 heteroatoms. The summed E-state index contributed by atoms with van der Waals surface area (Å²) in [4.78, 5) is 92.0. The zero-order valence-corrected chi connectivity index (χ0v) is 45.6. The fraction of sp³-hybridized carbons (Fsp3) is 0.875. The maximum atomic E-state index is 13.5. The van der Waals surface area contributed by atoms with Gasteiger partial charge < -0.3 is 33.2 Å². The molecule has 0 unspecified atom stereocenters. The van der Waals surface area contributed by atoms with Crippen LogP contribution in [0.25, 0.3) is 0 Å². The van der Waals surface area contributed by atoms with Crippen molar-refractivity contribution in [1.82, 2.24) is 4.90 Å². The number of unbranched alkanes of at least 4 members (excludes halogenated alkanes) is 20. The zero-order valence-electron chi connectivity index (χ0n) is 45.6. The van der Waals surface area contributed by atoms with Crippen LogP contribution in [0.2, 0.25) is 0 Å². The van der Waals surface area contributed by atoms with Gasteiger partial charge in [0.15, 0.2) is 0 Å². The van der Waals surface area contributed by atoms with Crippen LogP contribution in [0, 0.1) is 11.8 Å². The summed E-state index contributed by atoms with van der Waals surface area (Å²) in [6.07, 6.45) is 24.9. The third-order valence-corrected chi connectivity index (χ3v) is 12.6. The highest BCUT2D eigenvalue weighted by atomic mass is 16.6. The molecule has 0 N–H and O–H groups in total. The van der Waals surface area contributed by atoms with Gasteiger partial charge in [0.05, 0.1) is 51.4 Å². The highest BCUT2D eigenvalue weighted by molar-refractivity contribution is 5.73. The summed E-state index contributed by atoms with van der Waals surface area (Å²) in [5.74, 6) is -3.96. The molecule has 1 heterocycles. The number of rotatable bonds is 44. The number of esters is 6. The van der Waals surface area contributed by atoms with E-state index in [-0.39, 0.29) is 102 Å². The third-order valence-electron chi connectivity index (χ3n) is 12.6. The van der Waals surface area contributed by atoms with E-state index in [9.17, 15) is 33.6 Å². The number of amides is 1. The van der Waals surface area contributed by atoms with Gasteiger partial charge in [0.2, 0.25) is 0 Å². The van der Waals surface area contributed by atoms with E-state index in [1.807, 2.05) is 0 Å². The average Bonchev–Trinajstić information content (AvgIpc) is 3.31. The lowest BCUT2D eigenvalue weighted by molar-refractivity contribution is -0.160. The predicted molar refractivity (Wildman–Crippen MR) is 274 cm³/mol. The Bertz CT molecular complexity index is 1310. The van der Waals surface area contributed by atoms with Crippen LogP contribution in [0.15, 0.2) is 0 Å². The van der Waals surface area contributed by atoms with E-state index >= 15 is 0 Å². The molecule has 71 heavy (non-hydrogen) atoms. The molecule has 1 saturated heterocycles. The van der Waals surface area contributed by atoms with E-state index in [1.165, 1.54) is 30.6 Å². The van der Waals surface area contributed by atoms with E-state index in [0.717, 1.165) is 103 Å². The van der Waals surface area contributed by atoms with Gasteiger partial charge >= 0.3 is 41.9 Å². The molecule has 1 aliphatic heterocycles. The van der Waals surface area contributed by atoms with Crippen molar-refractivity contribution in [3.63, 3.8) is 0 Å². The standard InChI is InChI=1S/C56H99NO14/c1-8-12-16-20-24-28-32-49(58)65-39-45(40-66-50(59)33-29-25-21-17-13-9-2)36-53(62)69-43-47-38-48(57(47)55(64)71-56(5,6)7)44-70-54(63)37-46(41-67-51(60)34-30-26-22-18-14-10-3)42-68-52(61)35-31-27-23-19-15-11-4/h45-48H,8-44H2,1-7H3/t47-,48-/m1/s1. The second-order valence-corrected chi connectivity index (χ2v) is 20.7. The molecule has 0 aromatic carbocycles. The Morgan fingerprint density at radius 1 is 0.394 bits per heavy atom. The zero-order chi connectivity index (χ0) is 52.5. The lowest BCUT2D eigenvalue weighted by atomic mass is 9.94. The summed E-state index contributed by atoms with van der Waals surface area (Å²) in [6.45, 7) is 13.0. The van der Waals surface area contributed by atoms with E-state index in [0.29, 0.717) is 32.1 Å². The Morgan fingerprint density at radius 2 is 0.662 bits per heavy atom. The van der Waals surface area contributed by atoms with Crippen LogP contribution < -0.4 is 0 Å². The van der Waals surface area contributed by atoms with E-state index in [2.05, 4.69) is 27.7 Å². The van der Waals surface area contributed by atoms with Gasteiger partial charge in [-0.2, -0.15) is 0 Å². The predicted octanol–water partition coefficient (Wildman–Crippen LogP) is 12.6. The van der Waals surface area contributed by atoms with Gasteiger partial charge in [0.1, 0.15) is 18.8 Å². The van der Waals surface area contributed by atoms with Crippen LogP contribution in [0.4, 0.5) is 4.79 Å². The number of hydrogen-bond donors (Lipinski definition) is 0. The maximum absolute atomic E-state index is 13.5. The minimum Gasteiger partial charge on any atom is -0.465 e. The number of likely N-dealkylation sites (tertiary alicyclic amines) is 1. The van der Waals surface area contributed by atoms with Crippen molar-refractivity contribution in [2.24, 2.45) is 11.8 Å². The van der Waals surface area contributed by atoms with Crippen LogP contribution in [0.5, 0.6) is 0 Å². The van der Waals surface area contributed by atoms with Crippen LogP contribution in [0.1, 0.15) is 248 Å². The first-order valence-corrected chi connectivity index (χ1v) is 28.1. The van der Waals surface area contributed by atoms with Crippen molar-refractivity contribution < 1.29 is 66.7 Å². The highest BCUT2D eigenvalue weighted by Gasteiger charge is 2.45. The molecule has 1 fully saturated rings. The molecule has 1 rings (SSSR count). The molecular formula is C56H99NO14. The second-order valence-electron chi connectivity index (χ2n) is 20.7. The summed E-state index contributed by atoms with van der Waals surface area (Å²) in [7, 11) is 0. The van der Waals surface area contributed by atoms with E-state index in [1.54, 1.807) is 20.8 Å². The molecular weight excluding hydrogens is 911 g/mol.